The highest BCUT2D eigenvalue weighted by Gasteiger charge is 2.44. The van der Waals surface area contributed by atoms with E-state index >= 15 is 0 Å². The number of nitrogens with one attached hydrogen (secondary N) is 1. The molecule has 2 aliphatic carbocycles. The third-order valence-corrected chi connectivity index (χ3v) is 6.14. The van der Waals surface area contributed by atoms with Crippen molar-refractivity contribution in [3.63, 3.8) is 0 Å². The van der Waals surface area contributed by atoms with E-state index in [4.69, 9.17) is 26.2 Å². The van der Waals surface area contributed by atoms with Crippen LogP contribution in [0, 0.1) is 5.92 Å². The van der Waals surface area contributed by atoms with Gasteiger partial charge in [0.05, 0.1) is 17.5 Å². The molecule has 1 aromatic rings. The van der Waals surface area contributed by atoms with Crippen LogP contribution in [0.4, 0.5) is 0 Å². The van der Waals surface area contributed by atoms with Crippen LogP contribution in [0.1, 0.15) is 50.5 Å². The Bertz CT molecular complexity index is 1010. The van der Waals surface area contributed by atoms with E-state index in [2.05, 4.69) is 5.32 Å². The Hall–Kier alpha value is -2.80. The molecule has 0 bridgehead atoms. The van der Waals surface area contributed by atoms with Crippen molar-refractivity contribution in [3.8, 4) is 11.5 Å². The van der Waals surface area contributed by atoms with Gasteiger partial charge in [-0.05, 0) is 43.9 Å². The number of carboxylic acids is 1. The zero-order chi connectivity index (χ0) is 22.1. The van der Waals surface area contributed by atoms with Crippen LogP contribution in [0.25, 0.3) is 0 Å². The summed E-state index contributed by atoms with van der Waals surface area (Å²) in [7, 11) is 0. The predicted octanol–water partition coefficient (Wildman–Crippen LogP) is 3.76. The molecule has 2 atom stereocenters. The lowest BCUT2D eigenvalue weighted by atomic mass is 9.68. The summed E-state index contributed by atoms with van der Waals surface area (Å²) in [5.41, 5.74) is 3.04. The molecular weight excluding hydrogens is 422 g/mol. The SMILES string of the molecule is CCOc1cc(C2C3=C(CCCC3=O)NC3=CCCC(=O)C32)cc(Cl)c1OCC(=O)O. The zero-order valence-electron chi connectivity index (χ0n) is 17.2. The van der Waals surface area contributed by atoms with E-state index in [9.17, 15) is 14.4 Å². The Morgan fingerprint density at radius 2 is 2.00 bits per heavy atom. The van der Waals surface area contributed by atoms with Gasteiger partial charge in [0.25, 0.3) is 0 Å². The molecule has 0 radical (unpaired) electrons. The predicted molar refractivity (Wildman–Crippen MR) is 113 cm³/mol. The minimum Gasteiger partial charge on any atom is -0.490 e. The lowest BCUT2D eigenvalue weighted by Gasteiger charge is -2.40. The highest BCUT2D eigenvalue weighted by atomic mass is 35.5. The van der Waals surface area contributed by atoms with Crippen LogP contribution in [-0.2, 0) is 14.4 Å². The van der Waals surface area contributed by atoms with Gasteiger partial charge in [-0.15, -0.1) is 0 Å². The fourth-order valence-corrected chi connectivity index (χ4v) is 4.95. The van der Waals surface area contributed by atoms with Gasteiger partial charge >= 0.3 is 5.97 Å². The van der Waals surface area contributed by atoms with E-state index in [1.807, 2.05) is 6.08 Å². The van der Waals surface area contributed by atoms with Gasteiger partial charge in [0, 0.05) is 35.7 Å². The van der Waals surface area contributed by atoms with E-state index in [1.54, 1.807) is 19.1 Å². The van der Waals surface area contributed by atoms with Crippen molar-refractivity contribution in [2.24, 2.45) is 5.92 Å². The number of ketones is 2. The second-order valence-corrected chi connectivity index (χ2v) is 8.27. The van der Waals surface area contributed by atoms with Crippen molar-refractivity contribution in [2.45, 2.75) is 44.9 Å². The minimum atomic E-state index is -1.13. The summed E-state index contributed by atoms with van der Waals surface area (Å²) in [5.74, 6) is -1.52. The Balaban J connectivity index is 1.85. The molecule has 3 aliphatic rings. The lowest BCUT2D eigenvalue weighted by Crippen LogP contribution is -2.42. The first-order valence-corrected chi connectivity index (χ1v) is 10.8. The van der Waals surface area contributed by atoms with Crippen LogP contribution in [0.3, 0.4) is 0 Å². The second-order valence-electron chi connectivity index (χ2n) is 7.86. The molecule has 1 aromatic carbocycles. The van der Waals surface area contributed by atoms with E-state index in [0.717, 1.165) is 24.2 Å². The highest BCUT2D eigenvalue weighted by molar-refractivity contribution is 6.32. The molecule has 0 saturated heterocycles. The number of carbonyl (C=O) groups excluding carboxylic acids is 2. The van der Waals surface area contributed by atoms with Crippen molar-refractivity contribution in [3.05, 3.63) is 45.8 Å². The Labute approximate surface area is 185 Å². The molecule has 2 N–H and O–H groups in total. The molecule has 164 valence electrons. The number of carboxylic acid groups (broad SMARTS) is 1. The van der Waals surface area contributed by atoms with E-state index < -0.39 is 24.4 Å². The van der Waals surface area contributed by atoms with Gasteiger partial charge in [-0.2, -0.15) is 0 Å². The molecule has 4 rings (SSSR count). The fourth-order valence-electron chi connectivity index (χ4n) is 4.68. The minimum absolute atomic E-state index is 0.0384. The maximum atomic E-state index is 13.0. The van der Waals surface area contributed by atoms with Crippen molar-refractivity contribution in [1.82, 2.24) is 5.32 Å². The molecule has 2 unspecified atom stereocenters. The second kappa shape index (κ2) is 8.75. The molecule has 0 spiro atoms. The number of aliphatic carboxylic acids is 1. The molecule has 0 aromatic heterocycles. The fraction of sp³-hybridized carbons (Fsp3) is 0.435. The molecular formula is C23H24ClNO6. The quantitative estimate of drug-likeness (QED) is 0.687. The first-order valence-electron chi connectivity index (χ1n) is 10.5. The third kappa shape index (κ3) is 4.06. The van der Waals surface area contributed by atoms with Gasteiger partial charge in [-0.25, -0.2) is 4.79 Å². The van der Waals surface area contributed by atoms with Gasteiger partial charge in [-0.3, -0.25) is 9.59 Å². The molecule has 0 fully saturated rings. The first-order chi connectivity index (χ1) is 14.9. The van der Waals surface area contributed by atoms with Gasteiger partial charge in [0.15, 0.2) is 23.9 Å². The van der Waals surface area contributed by atoms with Gasteiger partial charge < -0.3 is 19.9 Å². The summed E-state index contributed by atoms with van der Waals surface area (Å²) in [6.45, 7) is 1.55. The summed E-state index contributed by atoms with van der Waals surface area (Å²) in [6, 6.07) is 3.37. The Morgan fingerprint density at radius 3 is 2.74 bits per heavy atom. The maximum absolute atomic E-state index is 13.0. The van der Waals surface area contributed by atoms with Crippen molar-refractivity contribution in [2.75, 3.05) is 13.2 Å². The molecule has 0 saturated carbocycles. The number of ether oxygens (including phenoxy) is 2. The summed E-state index contributed by atoms with van der Waals surface area (Å²) >= 11 is 6.48. The average Bonchev–Trinajstić information content (AvgIpc) is 2.72. The number of rotatable bonds is 6. The number of hydrogen-bond donors (Lipinski definition) is 2. The standard InChI is InChI=1S/C23H24ClNO6/c1-2-30-18-10-12(9-13(24)23(18)31-11-19(28)29)20-21-14(5-3-7-16(21)26)25-15-6-4-8-17(27)22(15)20/h5,9-10,20-21,25H,2-4,6-8,11H2,1H3,(H,28,29). The number of carbonyl (C=O) groups is 3. The molecule has 1 heterocycles. The number of Topliss-reactive ketones (excluding diaryl/α,β-unsaturated/α-hetero) is 2. The summed E-state index contributed by atoms with van der Waals surface area (Å²) in [6.07, 6.45) is 5.11. The van der Waals surface area contributed by atoms with E-state index in [-0.39, 0.29) is 22.3 Å². The molecule has 31 heavy (non-hydrogen) atoms. The molecule has 8 heteroatoms. The average molecular weight is 446 g/mol. The van der Waals surface area contributed by atoms with Gasteiger partial charge in [0.2, 0.25) is 0 Å². The zero-order valence-corrected chi connectivity index (χ0v) is 18.0. The molecule has 0 amide bonds. The van der Waals surface area contributed by atoms with Gasteiger partial charge in [0.1, 0.15) is 5.78 Å². The van der Waals surface area contributed by atoms with Crippen LogP contribution < -0.4 is 14.8 Å². The summed E-state index contributed by atoms with van der Waals surface area (Å²) in [5, 5.41) is 12.5. The third-order valence-electron chi connectivity index (χ3n) is 5.86. The van der Waals surface area contributed by atoms with Crippen LogP contribution in [0.2, 0.25) is 5.02 Å². The normalized spacial score (nSPS) is 22.8. The summed E-state index contributed by atoms with van der Waals surface area (Å²) < 4.78 is 11.0. The van der Waals surface area contributed by atoms with Crippen LogP contribution in [0.15, 0.2) is 35.2 Å². The monoisotopic (exact) mass is 445 g/mol. The smallest absolute Gasteiger partial charge is 0.341 e. The summed E-state index contributed by atoms with van der Waals surface area (Å²) in [4.78, 5) is 36.9. The van der Waals surface area contributed by atoms with Crippen molar-refractivity contribution in [1.29, 1.82) is 0 Å². The topological polar surface area (TPSA) is 102 Å². The number of hydrogen-bond acceptors (Lipinski definition) is 6. The number of halogens is 1. The van der Waals surface area contributed by atoms with Crippen molar-refractivity contribution >= 4 is 29.1 Å². The van der Waals surface area contributed by atoms with E-state index in [0.29, 0.717) is 42.8 Å². The first kappa shape index (κ1) is 21.4. The van der Waals surface area contributed by atoms with Gasteiger partial charge in [-0.1, -0.05) is 17.7 Å². The van der Waals surface area contributed by atoms with Crippen LogP contribution in [-0.4, -0.2) is 35.9 Å². The van der Waals surface area contributed by atoms with E-state index in [1.165, 1.54) is 0 Å². The molecule has 7 nitrogen and oxygen atoms in total. The largest absolute Gasteiger partial charge is 0.490 e. The highest BCUT2D eigenvalue weighted by Crippen LogP contribution is 2.49. The number of benzene rings is 1. The van der Waals surface area contributed by atoms with Crippen LogP contribution >= 0.6 is 11.6 Å². The maximum Gasteiger partial charge on any atom is 0.341 e. The number of fused-ring (bicyclic) bond motifs is 1. The lowest BCUT2D eigenvalue weighted by molar-refractivity contribution is -0.139. The molecule has 1 aliphatic heterocycles. The Kier molecular flexibility index (Phi) is 6.05. The number of allylic oxidation sites excluding steroid dienone is 4. The Morgan fingerprint density at radius 1 is 1.19 bits per heavy atom. The van der Waals surface area contributed by atoms with Crippen molar-refractivity contribution < 1.29 is 29.0 Å². The van der Waals surface area contributed by atoms with Crippen LogP contribution in [0.5, 0.6) is 11.5 Å².